The van der Waals surface area contributed by atoms with Gasteiger partial charge < -0.3 is 15.8 Å². The van der Waals surface area contributed by atoms with E-state index in [2.05, 4.69) is 21.2 Å². The van der Waals surface area contributed by atoms with Gasteiger partial charge in [-0.05, 0) is 56.5 Å². The van der Waals surface area contributed by atoms with Crippen LogP contribution in [0.5, 0.6) is 5.75 Å². The zero-order valence-electron chi connectivity index (χ0n) is 12.4. The number of hydrogen-bond donors (Lipinski definition) is 2. The molecule has 1 atom stereocenters. The van der Waals surface area contributed by atoms with Crippen LogP contribution < -0.4 is 15.8 Å². The predicted octanol–water partition coefficient (Wildman–Crippen LogP) is 2.78. The summed E-state index contributed by atoms with van der Waals surface area (Å²) in [6.45, 7) is 2.37. The molecule has 1 saturated carbocycles. The Morgan fingerprint density at radius 2 is 2.19 bits per heavy atom. The van der Waals surface area contributed by atoms with Crippen LogP contribution in [0.1, 0.15) is 38.2 Å². The molecule has 0 spiro atoms. The molecular weight excluding hydrogens is 332 g/mol. The zero-order chi connectivity index (χ0) is 15.2. The number of amides is 1. The van der Waals surface area contributed by atoms with E-state index in [-0.39, 0.29) is 5.91 Å². The highest BCUT2D eigenvalue weighted by atomic mass is 79.9. The molecule has 3 N–H and O–H groups in total. The van der Waals surface area contributed by atoms with Gasteiger partial charge in [-0.2, -0.15) is 0 Å². The van der Waals surface area contributed by atoms with E-state index < -0.39 is 6.10 Å². The lowest BCUT2D eigenvalue weighted by Crippen LogP contribution is -2.41. The Balaban J connectivity index is 1.93. The quantitative estimate of drug-likeness (QED) is 0.825. The third kappa shape index (κ3) is 4.71. The van der Waals surface area contributed by atoms with Crippen molar-refractivity contribution in [3.05, 3.63) is 28.2 Å². The monoisotopic (exact) mass is 354 g/mol. The van der Waals surface area contributed by atoms with Crippen molar-refractivity contribution >= 4 is 21.8 Å². The number of rotatable bonds is 6. The standard InChI is InChI=1S/C16H23BrN2O2/c1-11(16(20)19-13-4-2-3-5-13)21-14-6-7-15(17)12(10-14)8-9-18/h6-7,10-11,13H,2-5,8-9,18H2,1H3,(H,19,20). The fraction of sp³-hybridized carbons (Fsp3) is 0.562. The Bertz CT molecular complexity index is 487. The summed E-state index contributed by atoms with van der Waals surface area (Å²) in [7, 11) is 0. The molecule has 0 saturated heterocycles. The van der Waals surface area contributed by atoms with Crippen molar-refractivity contribution in [3.8, 4) is 5.75 Å². The highest BCUT2D eigenvalue weighted by Gasteiger charge is 2.21. The summed E-state index contributed by atoms with van der Waals surface area (Å²) in [5.41, 5.74) is 6.69. The van der Waals surface area contributed by atoms with Crippen molar-refractivity contribution in [1.82, 2.24) is 5.32 Å². The Kier molecular flexibility index (Phi) is 6.06. The summed E-state index contributed by atoms with van der Waals surface area (Å²) in [4.78, 5) is 12.1. The Morgan fingerprint density at radius 1 is 1.48 bits per heavy atom. The molecule has 1 fully saturated rings. The number of halogens is 1. The molecule has 1 aliphatic rings. The number of nitrogens with two attached hydrogens (primary N) is 1. The summed E-state index contributed by atoms with van der Waals surface area (Å²) < 4.78 is 6.77. The van der Waals surface area contributed by atoms with Crippen LogP contribution in [0.2, 0.25) is 0 Å². The number of nitrogens with one attached hydrogen (secondary N) is 1. The molecule has 4 nitrogen and oxygen atoms in total. The van der Waals surface area contributed by atoms with Crippen LogP contribution in [-0.4, -0.2) is 24.6 Å². The third-order valence-electron chi connectivity index (χ3n) is 3.81. The smallest absolute Gasteiger partial charge is 0.260 e. The molecule has 0 bridgehead atoms. The number of carbonyl (C=O) groups is 1. The maximum atomic E-state index is 12.1. The van der Waals surface area contributed by atoms with E-state index in [9.17, 15) is 4.79 Å². The molecule has 5 heteroatoms. The second kappa shape index (κ2) is 7.80. The molecule has 116 valence electrons. The average Bonchev–Trinajstić information content (AvgIpc) is 2.95. The summed E-state index contributed by atoms with van der Waals surface area (Å²) in [5.74, 6) is 0.668. The normalized spacial score (nSPS) is 16.7. The summed E-state index contributed by atoms with van der Waals surface area (Å²) >= 11 is 3.49. The summed E-state index contributed by atoms with van der Waals surface area (Å²) in [6, 6.07) is 6.06. The molecule has 0 radical (unpaired) electrons. The van der Waals surface area contributed by atoms with E-state index >= 15 is 0 Å². The second-order valence-electron chi connectivity index (χ2n) is 5.54. The molecule has 1 amide bonds. The van der Waals surface area contributed by atoms with Crippen LogP contribution in [0.3, 0.4) is 0 Å². The molecule has 1 aliphatic carbocycles. The van der Waals surface area contributed by atoms with Crippen LogP contribution in [-0.2, 0) is 11.2 Å². The van der Waals surface area contributed by atoms with E-state index in [1.165, 1.54) is 12.8 Å². The number of carbonyl (C=O) groups excluding carboxylic acids is 1. The molecule has 0 heterocycles. The first-order valence-electron chi connectivity index (χ1n) is 7.55. The molecule has 2 rings (SSSR count). The SMILES string of the molecule is CC(Oc1ccc(Br)c(CCN)c1)C(=O)NC1CCCC1. The summed E-state index contributed by atoms with van der Waals surface area (Å²) in [6.07, 6.45) is 4.86. The molecule has 21 heavy (non-hydrogen) atoms. The number of ether oxygens (including phenoxy) is 1. The van der Waals surface area contributed by atoms with E-state index in [1.807, 2.05) is 18.2 Å². The van der Waals surface area contributed by atoms with E-state index in [0.29, 0.717) is 18.3 Å². The van der Waals surface area contributed by atoms with E-state index in [1.54, 1.807) is 6.92 Å². The second-order valence-corrected chi connectivity index (χ2v) is 6.40. The van der Waals surface area contributed by atoms with Crippen LogP contribution in [0, 0.1) is 0 Å². The van der Waals surface area contributed by atoms with Crippen molar-refractivity contribution in [3.63, 3.8) is 0 Å². The molecular formula is C16H23BrN2O2. The van der Waals surface area contributed by atoms with Gasteiger partial charge in [0.05, 0.1) is 0 Å². The largest absolute Gasteiger partial charge is 0.481 e. The van der Waals surface area contributed by atoms with Gasteiger partial charge >= 0.3 is 0 Å². The minimum atomic E-state index is -0.488. The lowest BCUT2D eigenvalue weighted by molar-refractivity contribution is -0.127. The Morgan fingerprint density at radius 3 is 2.86 bits per heavy atom. The maximum absolute atomic E-state index is 12.1. The van der Waals surface area contributed by atoms with Gasteiger partial charge in [-0.15, -0.1) is 0 Å². The average molecular weight is 355 g/mol. The van der Waals surface area contributed by atoms with Gasteiger partial charge in [-0.1, -0.05) is 28.8 Å². The number of hydrogen-bond acceptors (Lipinski definition) is 3. The third-order valence-corrected chi connectivity index (χ3v) is 4.59. The lowest BCUT2D eigenvalue weighted by Gasteiger charge is -2.18. The predicted molar refractivity (Wildman–Crippen MR) is 87.4 cm³/mol. The van der Waals surface area contributed by atoms with Crippen LogP contribution in [0.4, 0.5) is 0 Å². The zero-order valence-corrected chi connectivity index (χ0v) is 14.0. The molecule has 0 aliphatic heterocycles. The van der Waals surface area contributed by atoms with Crippen molar-refractivity contribution < 1.29 is 9.53 Å². The van der Waals surface area contributed by atoms with Crippen LogP contribution >= 0.6 is 15.9 Å². The fourth-order valence-corrected chi connectivity index (χ4v) is 3.06. The summed E-state index contributed by atoms with van der Waals surface area (Å²) in [5, 5.41) is 3.06. The Labute approximate surface area is 134 Å². The topological polar surface area (TPSA) is 64.3 Å². The van der Waals surface area contributed by atoms with Crippen molar-refractivity contribution in [2.24, 2.45) is 5.73 Å². The van der Waals surface area contributed by atoms with Gasteiger partial charge in [-0.25, -0.2) is 0 Å². The van der Waals surface area contributed by atoms with Crippen molar-refractivity contribution in [2.75, 3.05) is 6.54 Å². The highest BCUT2D eigenvalue weighted by molar-refractivity contribution is 9.10. The lowest BCUT2D eigenvalue weighted by atomic mass is 10.1. The van der Waals surface area contributed by atoms with Gasteiger partial charge in [-0.3, -0.25) is 4.79 Å². The molecule has 1 unspecified atom stereocenters. The van der Waals surface area contributed by atoms with Crippen molar-refractivity contribution in [2.45, 2.75) is 51.2 Å². The van der Waals surface area contributed by atoms with Gasteiger partial charge in [0.25, 0.3) is 5.91 Å². The molecule has 1 aromatic rings. The van der Waals surface area contributed by atoms with Crippen LogP contribution in [0.25, 0.3) is 0 Å². The number of benzene rings is 1. The first-order chi connectivity index (χ1) is 10.1. The van der Waals surface area contributed by atoms with Gasteiger partial charge in [0, 0.05) is 10.5 Å². The van der Waals surface area contributed by atoms with Gasteiger partial charge in [0.15, 0.2) is 6.10 Å². The van der Waals surface area contributed by atoms with Gasteiger partial charge in [0.2, 0.25) is 0 Å². The van der Waals surface area contributed by atoms with E-state index in [4.69, 9.17) is 10.5 Å². The molecule has 0 aromatic heterocycles. The first-order valence-corrected chi connectivity index (χ1v) is 8.35. The first kappa shape index (κ1) is 16.3. The Hall–Kier alpha value is -1.07. The van der Waals surface area contributed by atoms with E-state index in [0.717, 1.165) is 29.3 Å². The van der Waals surface area contributed by atoms with Gasteiger partial charge in [0.1, 0.15) is 5.75 Å². The minimum Gasteiger partial charge on any atom is -0.481 e. The van der Waals surface area contributed by atoms with Crippen molar-refractivity contribution in [1.29, 1.82) is 0 Å². The highest BCUT2D eigenvalue weighted by Crippen LogP contribution is 2.24. The minimum absolute atomic E-state index is 0.0369. The fourth-order valence-electron chi connectivity index (χ4n) is 2.62. The molecule has 1 aromatic carbocycles. The van der Waals surface area contributed by atoms with Crippen LogP contribution in [0.15, 0.2) is 22.7 Å². The maximum Gasteiger partial charge on any atom is 0.260 e.